The fourth-order valence-electron chi connectivity index (χ4n) is 3.18. The number of aromatic nitrogens is 3. The van der Waals surface area contributed by atoms with Gasteiger partial charge in [0.1, 0.15) is 5.01 Å². The summed E-state index contributed by atoms with van der Waals surface area (Å²) in [6.07, 6.45) is 1.59. The average molecular weight is 393 g/mol. The average Bonchev–Trinajstić information content (AvgIpc) is 3.18. The first-order valence-corrected chi connectivity index (χ1v) is 9.61. The molecule has 2 aromatic heterocycles. The summed E-state index contributed by atoms with van der Waals surface area (Å²) < 4.78 is 12.5. The summed E-state index contributed by atoms with van der Waals surface area (Å²) in [5.74, 6) is 1.30. The molecule has 4 aromatic rings. The number of benzene rings is 2. The van der Waals surface area contributed by atoms with Crippen LogP contribution in [-0.2, 0) is 6.54 Å². The molecule has 0 amide bonds. The van der Waals surface area contributed by atoms with Gasteiger partial charge in [-0.05, 0) is 30.7 Å². The second-order valence-corrected chi connectivity index (χ2v) is 7.19. The smallest absolute Gasteiger partial charge is 0.261 e. The zero-order valence-electron chi connectivity index (χ0n) is 15.8. The second kappa shape index (κ2) is 7.44. The van der Waals surface area contributed by atoms with Crippen molar-refractivity contribution in [3.8, 4) is 22.1 Å². The molecule has 0 spiro atoms. The zero-order chi connectivity index (χ0) is 19.7. The molecule has 0 unspecified atom stereocenters. The fraction of sp³-hybridized carbons (Fsp3) is 0.190. The molecule has 0 radical (unpaired) electrons. The maximum Gasteiger partial charge on any atom is 0.261 e. The maximum absolute atomic E-state index is 12.8. The van der Waals surface area contributed by atoms with Gasteiger partial charge in [0, 0.05) is 5.38 Å². The quantitative estimate of drug-likeness (QED) is 0.515. The molecule has 4 rings (SSSR count). The molecule has 0 bridgehead atoms. The van der Waals surface area contributed by atoms with E-state index >= 15 is 0 Å². The van der Waals surface area contributed by atoms with Gasteiger partial charge in [0.2, 0.25) is 0 Å². The molecule has 0 atom stereocenters. The predicted octanol–water partition coefficient (Wildman–Crippen LogP) is 3.89. The molecule has 2 heterocycles. The molecule has 0 saturated heterocycles. The number of aryl methyl sites for hydroxylation is 1. The molecule has 0 aliphatic carbocycles. The molecule has 142 valence electrons. The monoisotopic (exact) mass is 393 g/mol. The minimum absolute atomic E-state index is 0.0674. The van der Waals surface area contributed by atoms with Gasteiger partial charge in [-0.25, -0.2) is 9.97 Å². The Balaban J connectivity index is 1.69. The number of rotatable bonds is 5. The lowest BCUT2D eigenvalue weighted by Crippen LogP contribution is -2.21. The summed E-state index contributed by atoms with van der Waals surface area (Å²) >= 11 is 1.50. The third kappa shape index (κ3) is 3.14. The summed E-state index contributed by atoms with van der Waals surface area (Å²) in [6.45, 7) is 2.31. The Labute approximate surface area is 166 Å². The van der Waals surface area contributed by atoms with Crippen LogP contribution in [0, 0.1) is 6.92 Å². The van der Waals surface area contributed by atoms with Crippen molar-refractivity contribution in [2.45, 2.75) is 13.5 Å². The van der Waals surface area contributed by atoms with Crippen molar-refractivity contribution >= 4 is 22.2 Å². The molecule has 2 aromatic carbocycles. The number of hydrogen-bond donors (Lipinski definition) is 0. The summed E-state index contributed by atoms with van der Waals surface area (Å²) in [6, 6.07) is 11.3. The lowest BCUT2D eigenvalue weighted by atomic mass is 10.1. The third-order valence-electron chi connectivity index (χ3n) is 4.57. The van der Waals surface area contributed by atoms with E-state index in [2.05, 4.69) is 4.98 Å². The van der Waals surface area contributed by atoms with E-state index in [0.29, 0.717) is 23.4 Å². The normalized spacial score (nSPS) is 11.0. The molecule has 0 saturated carbocycles. The van der Waals surface area contributed by atoms with Gasteiger partial charge in [0.15, 0.2) is 11.5 Å². The van der Waals surface area contributed by atoms with Gasteiger partial charge in [-0.3, -0.25) is 9.36 Å². The van der Waals surface area contributed by atoms with Crippen molar-refractivity contribution in [2.24, 2.45) is 0 Å². The lowest BCUT2D eigenvalue weighted by molar-refractivity contribution is 0.356. The third-order valence-corrected chi connectivity index (χ3v) is 5.50. The summed E-state index contributed by atoms with van der Waals surface area (Å²) in [4.78, 5) is 22.0. The van der Waals surface area contributed by atoms with Crippen LogP contribution in [0.5, 0.6) is 11.5 Å². The lowest BCUT2D eigenvalue weighted by Gasteiger charge is -2.10. The van der Waals surface area contributed by atoms with E-state index in [1.54, 1.807) is 25.1 Å². The SMILES string of the molecule is COc1cccc(-c2nc(Cn3cnc4c(C)cccc4c3=O)cs2)c1OC. The van der Waals surface area contributed by atoms with Crippen molar-refractivity contribution in [1.29, 1.82) is 0 Å². The highest BCUT2D eigenvalue weighted by Crippen LogP contribution is 2.39. The minimum Gasteiger partial charge on any atom is -0.493 e. The number of nitrogens with zero attached hydrogens (tertiary/aromatic N) is 3. The molecule has 0 aliphatic heterocycles. The van der Waals surface area contributed by atoms with Gasteiger partial charge < -0.3 is 9.47 Å². The summed E-state index contributed by atoms with van der Waals surface area (Å²) in [7, 11) is 3.22. The van der Waals surface area contributed by atoms with Crippen LogP contribution in [0.25, 0.3) is 21.5 Å². The molecule has 0 aliphatic rings. The molecule has 0 N–H and O–H groups in total. The fourth-order valence-corrected chi connectivity index (χ4v) is 4.02. The second-order valence-electron chi connectivity index (χ2n) is 6.33. The van der Waals surface area contributed by atoms with E-state index in [-0.39, 0.29) is 5.56 Å². The van der Waals surface area contributed by atoms with Crippen LogP contribution in [-0.4, -0.2) is 28.8 Å². The number of thiazole rings is 1. The molecule has 28 heavy (non-hydrogen) atoms. The predicted molar refractivity (Wildman–Crippen MR) is 110 cm³/mol. The number of methoxy groups -OCH3 is 2. The molecule has 0 fully saturated rings. The maximum atomic E-state index is 12.8. The van der Waals surface area contributed by atoms with Crippen molar-refractivity contribution in [2.75, 3.05) is 14.2 Å². The van der Waals surface area contributed by atoms with Crippen molar-refractivity contribution in [3.05, 3.63) is 69.7 Å². The first-order valence-electron chi connectivity index (χ1n) is 8.73. The van der Waals surface area contributed by atoms with Crippen LogP contribution in [0.4, 0.5) is 0 Å². The Bertz CT molecular complexity index is 1210. The molecular weight excluding hydrogens is 374 g/mol. The van der Waals surface area contributed by atoms with Gasteiger partial charge in [-0.15, -0.1) is 11.3 Å². The Morgan fingerprint density at radius 3 is 2.71 bits per heavy atom. The van der Waals surface area contributed by atoms with E-state index in [0.717, 1.165) is 27.3 Å². The van der Waals surface area contributed by atoms with E-state index in [4.69, 9.17) is 14.5 Å². The highest BCUT2D eigenvalue weighted by molar-refractivity contribution is 7.13. The Hall–Kier alpha value is -3.19. The molecular formula is C21H19N3O3S. The summed E-state index contributed by atoms with van der Waals surface area (Å²) in [5.41, 5.74) is 3.31. The number of fused-ring (bicyclic) bond motifs is 1. The number of para-hydroxylation sites is 2. The molecule has 7 heteroatoms. The Morgan fingerprint density at radius 2 is 1.93 bits per heavy atom. The Morgan fingerprint density at radius 1 is 1.11 bits per heavy atom. The largest absolute Gasteiger partial charge is 0.493 e. The van der Waals surface area contributed by atoms with Crippen LogP contribution < -0.4 is 15.0 Å². The van der Waals surface area contributed by atoms with Crippen LogP contribution in [0.2, 0.25) is 0 Å². The van der Waals surface area contributed by atoms with Gasteiger partial charge >= 0.3 is 0 Å². The Kier molecular flexibility index (Phi) is 4.83. The minimum atomic E-state index is -0.0674. The highest BCUT2D eigenvalue weighted by Gasteiger charge is 2.15. The van der Waals surface area contributed by atoms with Gasteiger partial charge in [-0.2, -0.15) is 0 Å². The van der Waals surface area contributed by atoms with Crippen molar-refractivity contribution < 1.29 is 9.47 Å². The van der Waals surface area contributed by atoms with Gasteiger partial charge in [0.25, 0.3) is 5.56 Å². The standard InChI is InChI=1S/C21H19N3O3S/c1-13-6-4-7-15-18(13)22-12-24(21(15)25)10-14-11-28-20(23-14)16-8-5-9-17(26-2)19(16)27-3/h4-9,11-12H,10H2,1-3H3. The number of hydrogen-bond acceptors (Lipinski definition) is 6. The van der Waals surface area contributed by atoms with Crippen LogP contribution in [0.15, 0.2) is 52.9 Å². The highest BCUT2D eigenvalue weighted by atomic mass is 32.1. The van der Waals surface area contributed by atoms with E-state index in [9.17, 15) is 4.79 Å². The van der Waals surface area contributed by atoms with Gasteiger partial charge in [0.05, 0.1) is 49.3 Å². The van der Waals surface area contributed by atoms with E-state index < -0.39 is 0 Å². The van der Waals surface area contributed by atoms with Crippen LogP contribution in [0.3, 0.4) is 0 Å². The first kappa shape index (κ1) is 18.2. The van der Waals surface area contributed by atoms with E-state index in [1.165, 1.54) is 11.3 Å². The van der Waals surface area contributed by atoms with Crippen LogP contribution in [0.1, 0.15) is 11.3 Å². The van der Waals surface area contributed by atoms with Gasteiger partial charge in [-0.1, -0.05) is 18.2 Å². The topological polar surface area (TPSA) is 66.2 Å². The first-order chi connectivity index (χ1) is 13.6. The number of ether oxygens (including phenoxy) is 2. The van der Waals surface area contributed by atoms with Crippen molar-refractivity contribution in [1.82, 2.24) is 14.5 Å². The van der Waals surface area contributed by atoms with Crippen molar-refractivity contribution in [3.63, 3.8) is 0 Å². The molecule has 6 nitrogen and oxygen atoms in total. The van der Waals surface area contributed by atoms with Crippen LogP contribution >= 0.6 is 11.3 Å². The van der Waals surface area contributed by atoms with E-state index in [1.807, 2.05) is 48.7 Å². The summed E-state index contributed by atoms with van der Waals surface area (Å²) in [5, 5.41) is 3.37. The zero-order valence-corrected chi connectivity index (χ0v) is 16.6.